The van der Waals surface area contributed by atoms with Crippen molar-refractivity contribution in [1.82, 2.24) is 9.62 Å². The maximum absolute atomic E-state index is 12.7. The molecule has 0 aromatic heterocycles. The summed E-state index contributed by atoms with van der Waals surface area (Å²) in [4.78, 5) is 12.5. The molecule has 1 aliphatic rings. The molecule has 0 saturated carbocycles. The predicted molar refractivity (Wildman–Crippen MR) is 107 cm³/mol. The third-order valence-corrected chi connectivity index (χ3v) is 6.79. The first-order valence-electron chi connectivity index (χ1n) is 8.98. The topological polar surface area (TPSA) is 66.5 Å². The minimum absolute atomic E-state index is 0.0808. The average molecular weight is 407 g/mol. The van der Waals surface area contributed by atoms with Crippen molar-refractivity contribution in [3.05, 3.63) is 70.7 Å². The van der Waals surface area contributed by atoms with E-state index >= 15 is 0 Å². The van der Waals surface area contributed by atoms with E-state index in [0.29, 0.717) is 36.5 Å². The Bertz CT molecular complexity index is 870. The smallest absolute Gasteiger partial charge is 0.224 e. The van der Waals surface area contributed by atoms with Gasteiger partial charge in [0.2, 0.25) is 15.9 Å². The highest BCUT2D eigenvalue weighted by atomic mass is 35.5. The number of halogens is 1. The number of hydrogen-bond acceptors (Lipinski definition) is 3. The van der Waals surface area contributed by atoms with Crippen molar-refractivity contribution in [2.75, 3.05) is 13.1 Å². The number of benzene rings is 2. The Hall–Kier alpha value is -1.89. The largest absolute Gasteiger partial charge is 0.352 e. The molecule has 1 atom stereocenters. The monoisotopic (exact) mass is 406 g/mol. The van der Waals surface area contributed by atoms with E-state index in [1.165, 1.54) is 4.31 Å². The molecule has 1 amide bonds. The second kappa shape index (κ2) is 8.87. The van der Waals surface area contributed by atoms with Crippen LogP contribution in [0.4, 0.5) is 0 Å². The zero-order valence-corrected chi connectivity index (χ0v) is 16.5. The van der Waals surface area contributed by atoms with Crippen molar-refractivity contribution in [3.8, 4) is 0 Å². The zero-order valence-electron chi connectivity index (χ0n) is 15.0. The minimum Gasteiger partial charge on any atom is -0.352 e. The fourth-order valence-electron chi connectivity index (χ4n) is 3.22. The molecular formula is C20H23ClN2O3S. The summed E-state index contributed by atoms with van der Waals surface area (Å²) < 4.78 is 26.9. The Morgan fingerprint density at radius 2 is 1.78 bits per heavy atom. The quantitative estimate of drug-likeness (QED) is 0.801. The Morgan fingerprint density at radius 1 is 1.07 bits per heavy atom. The van der Waals surface area contributed by atoms with Gasteiger partial charge in [-0.25, -0.2) is 12.7 Å². The summed E-state index contributed by atoms with van der Waals surface area (Å²) in [5.74, 6) is -0.490. The summed E-state index contributed by atoms with van der Waals surface area (Å²) in [6.07, 6.45) is 1.39. The van der Waals surface area contributed by atoms with E-state index in [1.807, 2.05) is 30.3 Å². The van der Waals surface area contributed by atoms with Crippen LogP contribution in [-0.4, -0.2) is 31.7 Å². The van der Waals surface area contributed by atoms with E-state index in [2.05, 4.69) is 5.32 Å². The average Bonchev–Trinajstić information content (AvgIpc) is 2.68. The zero-order chi connectivity index (χ0) is 19.3. The van der Waals surface area contributed by atoms with Gasteiger partial charge in [-0.3, -0.25) is 4.79 Å². The van der Waals surface area contributed by atoms with E-state index in [-0.39, 0.29) is 24.1 Å². The SMILES string of the molecule is O=C(NCc1ccccc1)[C@@H]1CCCN(S(=O)(=O)Cc2ccc(Cl)cc2)C1. The van der Waals surface area contributed by atoms with Crippen LogP contribution >= 0.6 is 11.6 Å². The van der Waals surface area contributed by atoms with Crippen molar-refractivity contribution < 1.29 is 13.2 Å². The normalized spacial score (nSPS) is 18.2. The van der Waals surface area contributed by atoms with Gasteiger partial charge >= 0.3 is 0 Å². The van der Waals surface area contributed by atoms with Crippen LogP contribution in [0.1, 0.15) is 24.0 Å². The van der Waals surface area contributed by atoms with E-state index in [0.717, 1.165) is 5.56 Å². The number of nitrogens with one attached hydrogen (secondary N) is 1. The number of carbonyl (C=O) groups is 1. The molecule has 7 heteroatoms. The molecule has 0 aliphatic carbocycles. The van der Waals surface area contributed by atoms with Gasteiger partial charge in [-0.15, -0.1) is 0 Å². The van der Waals surface area contributed by atoms with Crippen molar-refractivity contribution in [2.24, 2.45) is 5.92 Å². The lowest BCUT2D eigenvalue weighted by molar-refractivity contribution is -0.126. The summed E-state index contributed by atoms with van der Waals surface area (Å²) >= 11 is 5.86. The van der Waals surface area contributed by atoms with Crippen molar-refractivity contribution in [3.63, 3.8) is 0 Å². The molecule has 1 N–H and O–H groups in total. The molecule has 1 aliphatic heterocycles. The van der Waals surface area contributed by atoms with Gasteiger partial charge in [0.05, 0.1) is 11.7 Å². The van der Waals surface area contributed by atoms with Gasteiger partial charge < -0.3 is 5.32 Å². The van der Waals surface area contributed by atoms with Gasteiger partial charge in [-0.2, -0.15) is 0 Å². The predicted octanol–water partition coefficient (Wildman–Crippen LogP) is 3.20. The molecule has 2 aromatic rings. The Balaban J connectivity index is 1.59. The number of piperidine rings is 1. The summed E-state index contributed by atoms with van der Waals surface area (Å²) in [6.45, 7) is 1.14. The van der Waals surface area contributed by atoms with Crippen molar-refractivity contribution in [2.45, 2.75) is 25.1 Å². The van der Waals surface area contributed by atoms with Crippen LogP contribution in [0.3, 0.4) is 0 Å². The molecule has 144 valence electrons. The van der Waals surface area contributed by atoms with Crippen molar-refractivity contribution in [1.29, 1.82) is 0 Å². The van der Waals surface area contributed by atoms with Crippen LogP contribution in [-0.2, 0) is 27.1 Å². The van der Waals surface area contributed by atoms with Crippen LogP contribution in [0, 0.1) is 5.92 Å². The number of carbonyl (C=O) groups excluding carboxylic acids is 1. The van der Waals surface area contributed by atoms with E-state index in [1.54, 1.807) is 24.3 Å². The summed E-state index contributed by atoms with van der Waals surface area (Å²) in [5, 5.41) is 3.49. The number of rotatable bonds is 6. The van der Waals surface area contributed by atoms with E-state index < -0.39 is 10.0 Å². The first-order valence-corrected chi connectivity index (χ1v) is 11.0. The lowest BCUT2D eigenvalue weighted by atomic mass is 9.99. The van der Waals surface area contributed by atoms with Crippen LogP contribution in [0.2, 0.25) is 5.02 Å². The fourth-order valence-corrected chi connectivity index (χ4v) is 4.96. The highest BCUT2D eigenvalue weighted by molar-refractivity contribution is 7.88. The third kappa shape index (κ3) is 5.54. The lowest BCUT2D eigenvalue weighted by Gasteiger charge is -2.31. The molecule has 1 saturated heterocycles. The molecule has 3 rings (SSSR count). The molecule has 1 fully saturated rings. The molecule has 0 spiro atoms. The summed E-state index contributed by atoms with van der Waals surface area (Å²) in [7, 11) is -3.47. The van der Waals surface area contributed by atoms with E-state index in [4.69, 9.17) is 11.6 Å². The Labute approximate surface area is 165 Å². The first-order chi connectivity index (χ1) is 12.9. The maximum atomic E-state index is 12.7. The number of nitrogens with zero attached hydrogens (tertiary/aromatic N) is 1. The third-order valence-electron chi connectivity index (χ3n) is 4.72. The van der Waals surface area contributed by atoms with Gasteiger partial charge in [-0.05, 0) is 36.1 Å². The fraction of sp³-hybridized carbons (Fsp3) is 0.350. The van der Waals surface area contributed by atoms with Gasteiger partial charge in [-0.1, -0.05) is 54.1 Å². The van der Waals surface area contributed by atoms with Crippen LogP contribution in [0.25, 0.3) is 0 Å². The number of amides is 1. The molecule has 0 unspecified atom stereocenters. The number of sulfonamides is 1. The Kier molecular flexibility index (Phi) is 6.52. The molecule has 2 aromatic carbocycles. The molecule has 0 radical (unpaired) electrons. The summed E-state index contributed by atoms with van der Waals surface area (Å²) in [6, 6.07) is 16.5. The second-order valence-corrected chi connectivity index (χ2v) is 9.19. The first kappa shape index (κ1) is 19.9. The molecule has 27 heavy (non-hydrogen) atoms. The number of hydrogen-bond donors (Lipinski definition) is 1. The van der Waals surface area contributed by atoms with Gasteiger partial charge in [0.25, 0.3) is 0 Å². The van der Waals surface area contributed by atoms with E-state index in [9.17, 15) is 13.2 Å². The van der Waals surface area contributed by atoms with Crippen LogP contribution < -0.4 is 5.32 Å². The molecule has 1 heterocycles. The standard InChI is InChI=1S/C20H23ClN2O3S/c21-19-10-8-17(9-11-19)15-27(25,26)23-12-4-7-18(14-23)20(24)22-13-16-5-2-1-3-6-16/h1-3,5-6,8-11,18H,4,7,12-15H2,(H,22,24)/t18-/m1/s1. The van der Waals surface area contributed by atoms with Gasteiger partial charge in [0.1, 0.15) is 0 Å². The molecule has 0 bridgehead atoms. The summed E-state index contributed by atoms with van der Waals surface area (Å²) in [5.41, 5.74) is 1.71. The highest BCUT2D eigenvalue weighted by Gasteiger charge is 2.32. The van der Waals surface area contributed by atoms with Gasteiger partial charge in [0, 0.05) is 24.7 Å². The lowest BCUT2D eigenvalue weighted by Crippen LogP contribution is -2.45. The van der Waals surface area contributed by atoms with Crippen LogP contribution in [0.15, 0.2) is 54.6 Å². The Morgan fingerprint density at radius 3 is 2.48 bits per heavy atom. The van der Waals surface area contributed by atoms with Crippen molar-refractivity contribution >= 4 is 27.5 Å². The highest BCUT2D eigenvalue weighted by Crippen LogP contribution is 2.22. The van der Waals surface area contributed by atoms with Gasteiger partial charge in [0.15, 0.2) is 0 Å². The maximum Gasteiger partial charge on any atom is 0.224 e. The second-order valence-electron chi connectivity index (χ2n) is 6.78. The van der Waals surface area contributed by atoms with Crippen LogP contribution in [0.5, 0.6) is 0 Å². The molecule has 5 nitrogen and oxygen atoms in total. The molecular weight excluding hydrogens is 384 g/mol. The minimum atomic E-state index is -3.47.